The van der Waals surface area contributed by atoms with Crippen LogP contribution in [0.15, 0.2) is 38.8 Å². The SMILES string of the molecule is CCN[C@H]1CN(Cc2ccc(OC)cc2)S(=O)(=O)c2sc(S(N)(=O)=O)cc21. The number of ether oxygens (including phenoxy) is 1. The van der Waals surface area contributed by atoms with Crippen LogP contribution < -0.4 is 15.2 Å². The van der Waals surface area contributed by atoms with Crippen LogP contribution in [-0.2, 0) is 26.6 Å². The quantitative estimate of drug-likeness (QED) is 0.711. The summed E-state index contributed by atoms with van der Waals surface area (Å²) in [6.07, 6.45) is 0. The molecule has 1 atom stereocenters. The molecule has 2 aromatic rings. The summed E-state index contributed by atoms with van der Waals surface area (Å²) in [5.41, 5.74) is 1.26. The summed E-state index contributed by atoms with van der Waals surface area (Å²) in [6.45, 7) is 2.90. The van der Waals surface area contributed by atoms with Gasteiger partial charge in [-0.05, 0) is 30.3 Å². The van der Waals surface area contributed by atoms with Gasteiger partial charge in [-0.2, -0.15) is 4.31 Å². The van der Waals surface area contributed by atoms with E-state index in [9.17, 15) is 16.8 Å². The minimum Gasteiger partial charge on any atom is -0.497 e. The number of thiophene rings is 1. The molecule has 0 aliphatic carbocycles. The molecule has 1 aromatic carbocycles. The van der Waals surface area contributed by atoms with Crippen molar-refractivity contribution >= 4 is 31.4 Å². The number of rotatable bonds is 6. The zero-order chi connectivity index (χ0) is 19.8. The number of fused-ring (bicyclic) bond motifs is 1. The summed E-state index contributed by atoms with van der Waals surface area (Å²) in [4.78, 5) is 0. The molecule has 3 N–H and O–H groups in total. The highest BCUT2D eigenvalue weighted by Gasteiger charge is 2.39. The fraction of sp³-hybridized carbons (Fsp3) is 0.375. The zero-order valence-electron chi connectivity index (χ0n) is 14.9. The fourth-order valence-electron chi connectivity index (χ4n) is 2.97. The van der Waals surface area contributed by atoms with E-state index in [1.54, 1.807) is 31.4 Å². The molecule has 148 valence electrons. The number of nitrogens with zero attached hydrogens (tertiary/aromatic N) is 1. The molecule has 0 amide bonds. The van der Waals surface area contributed by atoms with Gasteiger partial charge in [0.2, 0.25) is 10.0 Å². The molecule has 1 aromatic heterocycles. The van der Waals surface area contributed by atoms with Crippen LogP contribution >= 0.6 is 11.3 Å². The number of hydrogen-bond acceptors (Lipinski definition) is 7. The van der Waals surface area contributed by atoms with Crippen molar-refractivity contribution in [1.29, 1.82) is 0 Å². The smallest absolute Gasteiger partial charge is 0.253 e. The second-order valence-electron chi connectivity index (χ2n) is 6.11. The van der Waals surface area contributed by atoms with Crippen LogP contribution in [0.1, 0.15) is 24.1 Å². The topological polar surface area (TPSA) is 119 Å². The van der Waals surface area contributed by atoms with Crippen molar-refractivity contribution < 1.29 is 21.6 Å². The second-order valence-corrected chi connectivity index (χ2v) is 11.1. The summed E-state index contributed by atoms with van der Waals surface area (Å²) in [5, 5.41) is 8.43. The Kier molecular flexibility index (Phi) is 5.62. The normalized spacial score (nSPS) is 19.6. The summed E-state index contributed by atoms with van der Waals surface area (Å²) in [7, 11) is -6.24. The molecular weight excluding hydrogens is 410 g/mol. The van der Waals surface area contributed by atoms with Crippen molar-refractivity contribution in [3.05, 3.63) is 41.5 Å². The van der Waals surface area contributed by atoms with Crippen molar-refractivity contribution in [3.8, 4) is 5.75 Å². The van der Waals surface area contributed by atoms with Gasteiger partial charge in [0.05, 0.1) is 7.11 Å². The summed E-state index contributed by atoms with van der Waals surface area (Å²) < 4.78 is 55.9. The largest absolute Gasteiger partial charge is 0.497 e. The lowest BCUT2D eigenvalue weighted by Gasteiger charge is -2.32. The number of benzene rings is 1. The molecule has 3 rings (SSSR count). The van der Waals surface area contributed by atoms with Crippen LogP contribution in [0.3, 0.4) is 0 Å². The first-order chi connectivity index (χ1) is 12.7. The monoisotopic (exact) mass is 431 g/mol. The fourth-order valence-corrected chi connectivity index (χ4v) is 7.23. The highest BCUT2D eigenvalue weighted by Crippen LogP contribution is 2.40. The van der Waals surface area contributed by atoms with Gasteiger partial charge in [-0.25, -0.2) is 22.0 Å². The van der Waals surface area contributed by atoms with Crippen molar-refractivity contribution in [2.45, 2.75) is 27.9 Å². The molecule has 0 spiro atoms. The van der Waals surface area contributed by atoms with Gasteiger partial charge >= 0.3 is 0 Å². The maximum absolute atomic E-state index is 13.1. The van der Waals surface area contributed by atoms with Crippen LogP contribution in [0.2, 0.25) is 0 Å². The van der Waals surface area contributed by atoms with Gasteiger partial charge in [0, 0.05) is 24.7 Å². The highest BCUT2D eigenvalue weighted by atomic mass is 32.3. The lowest BCUT2D eigenvalue weighted by atomic mass is 10.1. The standard InChI is InChI=1S/C16H21N3O5S3/c1-3-18-14-10-19(9-11-4-6-12(24-2)7-5-11)27(22,23)16-13(14)8-15(25-16)26(17,20)21/h4-8,14,18H,3,9-10H2,1-2H3,(H2,17,20,21)/t14-/m0/s1. The van der Waals surface area contributed by atoms with E-state index < -0.39 is 20.0 Å². The summed E-state index contributed by atoms with van der Waals surface area (Å²) >= 11 is 0.697. The van der Waals surface area contributed by atoms with E-state index >= 15 is 0 Å². The molecule has 0 saturated carbocycles. The Hall–Kier alpha value is -1.50. The van der Waals surface area contributed by atoms with Crippen molar-refractivity contribution in [2.24, 2.45) is 5.14 Å². The summed E-state index contributed by atoms with van der Waals surface area (Å²) in [6, 6.07) is 8.20. The van der Waals surface area contributed by atoms with E-state index in [0.717, 1.165) is 5.56 Å². The van der Waals surface area contributed by atoms with Crippen molar-refractivity contribution in [1.82, 2.24) is 9.62 Å². The van der Waals surface area contributed by atoms with E-state index in [4.69, 9.17) is 9.88 Å². The first-order valence-corrected chi connectivity index (χ1v) is 12.0. The average Bonchev–Trinajstić information content (AvgIpc) is 3.07. The Morgan fingerprint density at radius 2 is 2.00 bits per heavy atom. The van der Waals surface area contributed by atoms with Gasteiger partial charge in [-0.1, -0.05) is 19.1 Å². The van der Waals surface area contributed by atoms with E-state index in [-0.39, 0.29) is 27.5 Å². The van der Waals surface area contributed by atoms with Gasteiger partial charge in [-0.15, -0.1) is 11.3 Å². The zero-order valence-corrected chi connectivity index (χ0v) is 17.3. The van der Waals surface area contributed by atoms with Crippen molar-refractivity contribution in [2.75, 3.05) is 20.2 Å². The highest BCUT2D eigenvalue weighted by molar-refractivity contribution is 7.94. The minimum absolute atomic E-state index is 0.0252. The molecule has 2 heterocycles. The van der Waals surface area contributed by atoms with E-state index in [2.05, 4.69) is 5.32 Å². The number of primary sulfonamides is 1. The van der Waals surface area contributed by atoms with Crippen molar-refractivity contribution in [3.63, 3.8) is 0 Å². The first-order valence-electron chi connectivity index (χ1n) is 8.19. The van der Waals surface area contributed by atoms with Gasteiger partial charge in [0.15, 0.2) is 0 Å². The molecule has 0 saturated heterocycles. The van der Waals surface area contributed by atoms with Gasteiger partial charge < -0.3 is 10.1 Å². The van der Waals surface area contributed by atoms with Crippen LogP contribution in [0.25, 0.3) is 0 Å². The van der Waals surface area contributed by atoms with Gasteiger partial charge in [-0.3, -0.25) is 0 Å². The maximum Gasteiger partial charge on any atom is 0.253 e. The van der Waals surface area contributed by atoms with Crippen LogP contribution in [0.5, 0.6) is 5.75 Å². The Morgan fingerprint density at radius 3 is 2.56 bits per heavy atom. The molecular formula is C16H21N3O5S3. The molecule has 11 heteroatoms. The molecule has 27 heavy (non-hydrogen) atoms. The Balaban J connectivity index is 2.00. The minimum atomic E-state index is -3.98. The lowest BCUT2D eigenvalue weighted by molar-refractivity contribution is 0.339. The number of methoxy groups -OCH3 is 1. The molecule has 0 fully saturated rings. The molecule has 8 nitrogen and oxygen atoms in total. The van der Waals surface area contributed by atoms with Crippen LogP contribution in [0, 0.1) is 0 Å². The second kappa shape index (κ2) is 7.49. The third-order valence-corrected chi connectivity index (χ3v) is 9.20. The van der Waals surface area contributed by atoms with Gasteiger partial charge in [0.1, 0.15) is 14.2 Å². The lowest BCUT2D eigenvalue weighted by Crippen LogP contribution is -2.42. The molecule has 0 unspecified atom stereocenters. The predicted octanol–water partition coefficient (Wildman–Crippen LogP) is 1.26. The third-order valence-electron chi connectivity index (χ3n) is 4.29. The van der Waals surface area contributed by atoms with Crippen LogP contribution in [0.4, 0.5) is 0 Å². The Bertz CT molecular complexity index is 1030. The number of nitrogens with one attached hydrogen (secondary N) is 1. The number of hydrogen-bond donors (Lipinski definition) is 2. The maximum atomic E-state index is 13.1. The number of likely N-dealkylation sites (N-methyl/N-ethyl adjacent to an activating group) is 1. The summed E-state index contributed by atoms with van der Waals surface area (Å²) in [5.74, 6) is 0.684. The van der Waals surface area contributed by atoms with Crippen LogP contribution in [-0.4, -0.2) is 41.3 Å². The third kappa shape index (κ3) is 4.03. The number of nitrogens with two attached hydrogens (primary N) is 1. The van der Waals surface area contributed by atoms with Gasteiger partial charge in [0.25, 0.3) is 10.0 Å². The Labute approximate surface area is 163 Å². The first kappa shape index (κ1) is 20.2. The van der Waals surface area contributed by atoms with E-state index in [1.165, 1.54) is 10.4 Å². The molecule has 0 bridgehead atoms. The molecule has 1 aliphatic heterocycles. The predicted molar refractivity (Wildman–Crippen MR) is 103 cm³/mol. The molecule has 1 aliphatic rings. The Morgan fingerprint density at radius 1 is 1.33 bits per heavy atom. The average molecular weight is 432 g/mol. The molecule has 0 radical (unpaired) electrons. The number of sulfonamides is 2. The van der Waals surface area contributed by atoms with E-state index in [0.29, 0.717) is 29.2 Å². The van der Waals surface area contributed by atoms with E-state index in [1.807, 2.05) is 6.92 Å².